The molecular weight excluding hydrogens is 332 g/mol. The summed E-state index contributed by atoms with van der Waals surface area (Å²) in [7, 11) is 0. The number of benzene rings is 1. The normalized spacial score (nSPS) is 10.5. The van der Waals surface area contributed by atoms with Crippen LogP contribution in [0.15, 0.2) is 30.5 Å². The number of carbonyl (C=O) groups excluding carboxylic acids is 2. The summed E-state index contributed by atoms with van der Waals surface area (Å²) in [4.78, 5) is 28.8. The molecule has 124 valence electrons. The van der Waals surface area contributed by atoms with E-state index in [1.165, 1.54) is 22.3 Å². The first-order valence-electron chi connectivity index (χ1n) is 7.13. The van der Waals surface area contributed by atoms with Gasteiger partial charge >= 0.3 is 6.09 Å². The molecular formula is C14H14N6O3S. The summed E-state index contributed by atoms with van der Waals surface area (Å²) in [5, 5.41) is 13.5. The van der Waals surface area contributed by atoms with Crippen molar-refractivity contribution >= 4 is 44.5 Å². The maximum Gasteiger partial charge on any atom is 0.412 e. The van der Waals surface area contributed by atoms with E-state index in [0.717, 1.165) is 10.2 Å². The molecule has 1 aromatic carbocycles. The van der Waals surface area contributed by atoms with Gasteiger partial charge in [-0.05, 0) is 19.1 Å². The lowest BCUT2D eigenvalue weighted by atomic mass is 10.3. The van der Waals surface area contributed by atoms with Crippen molar-refractivity contribution in [2.24, 2.45) is 0 Å². The van der Waals surface area contributed by atoms with Gasteiger partial charge in [0.1, 0.15) is 6.54 Å². The van der Waals surface area contributed by atoms with Crippen molar-refractivity contribution in [1.82, 2.24) is 20.0 Å². The van der Waals surface area contributed by atoms with E-state index in [9.17, 15) is 9.59 Å². The van der Waals surface area contributed by atoms with Crippen LogP contribution in [-0.4, -0.2) is 38.6 Å². The van der Waals surface area contributed by atoms with Crippen LogP contribution in [0.3, 0.4) is 0 Å². The number of para-hydroxylation sites is 1. The highest BCUT2D eigenvalue weighted by Crippen LogP contribution is 2.25. The molecule has 0 saturated heterocycles. The highest BCUT2D eigenvalue weighted by molar-refractivity contribution is 7.22. The van der Waals surface area contributed by atoms with Crippen LogP contribution in [0.2, 0.25) is 0 Å². The van der Waals surface area contributed by atoms with Gasteiger partial charge in [0.15, 0.2) is 10.9 Å². The van der Waals surface area contributed by atoms with Gasteiger partial charge in [0.05, 0.1) is 23.0 Å². The molecule has 3 aromatic rings. The average Bonchev–Trinajstić information content (AvgIpc) is 3.13. The lowest BCUT2D eigenvalue weighted by molar-refractivity contribution is -0.117. The summed E-state index contributed by atoms with van der Waals surface area (Å²) in [5.74, 6) is -0.103. The zero-order chi connectivity index (χ0) is 16.9. The molecule has 2 amide bonds. The van der Waals surface area contributed by atoms with Gasteiger partial charge in [0.25, 0.3) is 0 Å². The van der Waals surface area contributed by atoms with E-state index in [1.54, 1.807) is 6.92 Å². The molecule has 0 fully saturated rings. The minimum absolute atomic E-state index is 0.0968. The fourth-order valence-corrected chi connectivity index (χ4v) is 2.80. The molecule has 0 aliphatic heterocycles. The molecule has 0 saturated carbocycles. The molecule has 0 radical (unpaired) electrons. The van der Waals surface area contributed by atoms with E-state index in [1.807, 2.05) is 24.3 Å². The smallest absolute Gasteiger partial charge is 0.412 e. The van der Waals surface area contributed by atoms with Crippen molar-refractivity contribution in [1.29, 1.82) is 0 Å². The third kappa shape index (κ3) is 3.84. The predicted octanol–water partition coefficient (Wildman–Crippen LogP) is 2.09. The van der Waals surface area contributed by atoms with E-state index in [-0.39, 0.29) is 24.9 Å². The molecule has 2 N–H and O–H groups in total. The van der Waals surface area contributed by atoms with Gasteiger partial charge in [-0.2, -0.15) is 9.90 Å². The summed E-state index contributed by atoms with van der Waals surface area (Å²) >= 11 is 1.39. The lowest BCUT2D eigenvalue weighted by Gasteiger charge is -2.01. The van der Waals surface area contributed by atoms with Crippen molar-refractivity contribution in [3.05, 3.63) is 30.5 Å². The molecule has 0 spiro atoms. The number of rotatable bonds is 5. The first kappa shape index (κ1) is 15.9. The second-order valence-corrected chi connectivity index (χ2v) is 5.67. The number of thiazole rings is 1. The van der Waals surface area contributed by atoms with Crippen LogP contribution in [0.4, 0.5) is 15.7 Å². The largest absolute Gasteiger partial charge is 0.450 e. The zero-order valence-electron chi connectivity index (χ0n) is 12.7. The molecule has 3 rings (SSSR count). The summed E-state index contributed by atoms with van der Waals surface area (Å²) in [5.41, 5.74) is 0.830. The predicted molar refractivity (Wildman–Crippen MR) is 88.9 cm³/mol. The maximum atomic E-state index is 12.0. The highest BCUT2D eigenvalue weighted by Gasteiger charge is 2.11. The third-order valence-corrected chi connectivity index (χ3v) is 3.82. The SMILES string of the molecule is CCOC(=O)Nc1cnn(CC(=O)Nc2nc3ccccc3s2)n1. The Morgan fingerprint density at radius 2 is 2.12 bits per heavy atom. The maximum absolute atomic E-state index is 12.0. The fraction of sp³-hybridized carbons (Fsp3) is 0.214. The average molecular weight is 346 g/mol. The number of aromatic nitrogens is 4. The number of fused-ring (bicyclic) bond motifs is 1. The summed E-state index contributed by atoms with van der Waals surface area (Å²) in [6, 6.07) is 7.62. The van der Waals surface area contributed by atoms with E-state index >= 15 is 0 Å². The van der Waals surface area contributed by atoms with E-state index in [2.05, 4.69) is 25.8 Å². The van der Waals surface area contributed by atoms with E-state index in [4.69, 9.17) is 4.74 Å². The van der Waals surface area contributed by atoms with Crippen LogP contribution in [0, 0.1) is 0 Å². The molecule has 24 heavy (non-hydrogen) atoms. The Hall–Kier alpha value is -3.01. The molecule has 9 nitrogen and oxygen atoms in total. The number of hydrogen-bond acceptors (Lipinski definition) is 7. The monoisotopic (exact) mass is 346 g/mol. The topological polar surface area (TPSA) is 111 Å². The van der Waals surface area contributed by atoms with Gasteiger partial charge < -0.3 is 10.1 Å². The lowest BCUT2D eigenvalue weighted by Crippen LogP contribution is -2.20. The van der Waals surface area contributed by atoms with Gasteiger partial charge in [0, 0.05) is 0 Å². The molecule has 2 heterocycles. The molecule has 0 bridgehead atoms. The van der Waals surface area contributed by atoms with Crippen molar-refractivity contribution in [3.63, 3.8) is 0 Å². The zero-order valence-corrected chi connectivity index (χ0v) is 13.5. The number of hydrogen-bond donors (Lipinski definition) is 2. The van der Waals surface area contributed by atoms with Crippen LogP contribution in [0.5, 0.6) is 0 Å². The van der Waals surface area contributed by atoms with Crippen LogP contribution in [0.25, 0.3) is 10.2 Å². The molecule has 2 aromatic heterocycles. The van der Waals surface area contributed by atoms with Gasteiger partial charge in [-0.1, -0.05) is 23.5 Å². The van der Waals surface area contributed by atoms with Crippen LogP contribution in [0.1, 0.15) is 6.92 Å². The standard InChI is InChI=1S/C14H14N6O3S/c1-2-23-14(22)17-11-7-15-20(19-11)8-12(21)18-13-16-9-5-3-4-6-10(9)24-13/h3-7H,2,8H2,1H3,(H,16,18,21)(H,17,19,22). The molecule has 0 atom stereocenters. The Labute approximate surface area is 140 Å². The van der Waals surface area contributed by atoms with E-state index < -0.39 is 6.09 Å². The number of nitrogens with one attached hydrogen (secondary N) is 2. The summed E-state index contributed by atoms with van der Waals surface area (Å²) < 4.78 is 5.72. The molecule has 0 aliphatic carbocycles. The molecule has 0 aliphatic rings. The number of carbonyl (C=O) groups is 2. The molecule has 10 heteroatoms. The minimum Gasteiger partial charge on any atom is -0.450 e. The van der Waals surface area contributed by atoms with Gasteiger partial charge in [0.2, 0.25) is 5.91 Å². The van der Waals surface area contributed by atoms with Gasteiger partial charge in [-0.3, -0.25) is 10.1 Å². The Kier molecular flexibility index (Phi) is 4.66. The van der Waals surface area contributed by atoms with Crippen molar-refractivity contribution in [2.45, 2.75) is 13.5 Å². The first-order chi connectivity index (χ1) is 11.6. The van der Waals surface area contributed by atoms with Crippen LogP contribution < -0.4 is 10.6 Å². The third-order valence-electron chi connectivity index (χ3n) is 2.87. The first-order valence-corrected chi connectivity index (χ1v) is 7.95. The summed E-state index contributed by atoms with van der Waals surface area (Å²) in [6.07, 6.45) is 0.713. The Morgan fingerprint density at radius 3 is 2.92 bits per heavy atom. The Morgan fingerprint density at radius 1 is 1.29 bits per heavy atom. The highest BCUT2D eigenvalue weighted by atomic mass is 32.1. The Balaban J connectivity index is 1.58. The molecule has 0 unspecified atom stereocenters. The van der Waals surface area contributed by atoms with Gasteiger partial charge in [-0.25, -0.2) is 9.78 Å². The van der Waals surface area contributed by atoms with Crippen molar-refractivity contribution in [3.8, 4) is 0 Å². The van der Waals surface area contributed by atoms with Gasteiger partial charge in [-0.15, -0.1) is 5.10 Å². The summed E-state index contributed by atoms with van der Waals surface area (Å²) in [6.45, 7) is 1.85. The second-order valence-electron chi connectivity index (χ2n) is 4.64. The minimum atomic E-state index is -0.622. The Bertz CT molecular complexity index is 841. The number of anilines is 2. The number of nitrogens with zero attached hydrogens (tertiary/aromatic N) is 4. The second kappa shape index (κ2) is 7.04. The van der Waals surface area contributed by atoms with Crippen molar-refractivity contribution in [2.75, 3.05) is 17.2 Å². The fourth-order valence-electron chi connectivity index (χ4n) is 1.92. The van der Waals surface area contributed by atoms with Crippen LogP contribution in [-0.2, 0) is 16.1 Å². The number of ether oxygens (including phenoxy) is 1. The number of amides is 2. The van der Waals surface area contributed by atoms with Crippen molar-refractivity contribution < 1.29 is 14.3 Å². The quantitative estimate of drug-likeness (QED) is 0.732. The van der Waals surface area contributed by atoms with Crippen LogP contribution >= 0.6 is 11.3 Å². The van der Waals surface area contributed by atoms with E-state index in [0.29, 0.717) is 5.13 Å².